The Balaban J connectivity index is 2.98. The Kier molecular flexibility index (Phi) is 6.18. The van der Waals surface area contributed by atoms with Gasteiger partial charge in [0.15, 0.2) is 0 Å². The van der Waals surface area contributed by atoms with Crippen LogP contribution >= 0.6 is 0 Å². The van der Waals surface area contributed by atoms with Gasteiger partial charge in [-0.3, -0.25) is 4.99 Å². The van der Waals surface area contributed by atoms with Crippen LogP contribution in [-0.4, -0.2) is 25.5 Å². The van der Waals surface area contributed by atoms with Gasteiger partial charge < -0.3 is 11.1 Å². The minimum absolute atomic E-state index is 0.665. The second-order valence-corrected chi connectivity index (χ2v) is 2.27. The van der Waals surface area contributed by atoms with E-state index in [1.54, 1.807) is 6.92 Å². The lowest BCUT2D eigenvalue weighted by Crippen LogP contribution is -2.19. The summed E-state index contributed by atoms with van der Waals surface area (Å²) in [5.74, 6) is 0.665. The second kappa shape index (κ2) is 6.55. The van der Waals surface area contributed by atoms with E-state index in [2.05, 4.69) is 17.2 Å². The van der Waals surface area contributed by atoms with Crippen LogP contribution in [0.3, 0.4) is 0 Å². The maximum absolute atomic E-state index is 5.33. The van der Waals surface area contributed by atoms with Crippen LogP contribution in [0.15, 0.2) is 4.99 Å². The van der Waals surface area contributed by atoms with Crippen LogP contribution in [-0.2, 0) is 0 Å². The van der Waals surface area contributed by atoms with Crippen molar-refractivity contribution in [1.82, 2.24) is 5.32 Å². The fourth-order valence-electron chi connectivity index (χ4n) is 0.613. The van der Waals surface area contributed by atoms with Crippen LogP contribution in [0, 0.1) is 0 Å². The number of hydrogen-bond acceptors (Lipinski definition) is 2. The highest BCUT2D eigenvalue weighted by atomic mass is 14.9. The van der Waals surface area contributed by atoms with Crippen LogP contribution in [0.5, 0.6) is 0 Å². The summed E-state index contributed by atoms with van der Waals surface area (Å²) in [5, 5.41) is 3.23. The number of rotatable bonds is 5. The molecule has 0 aliphatic carbocycles. The van der Waals surface area contributed by atoms with E-state index in [0.717, 1.165) is 19.6 Å². The molecule has 0 bridgehead atoms. The van der Waals surface area contributed by atoms with Gasteiger partial charge in [-0.05, 0) is 19.9 Å². The van der Waals surface area contributed by atoms with E-state index in [1.807, 2.05) is 0 Å². The van der Waals surface area contributed by atoms with Crippen molar-refractivity contribution in [2.45, 2.75) is 20.3 Å². The van der Waals surface area contributed by atoms with Crippen molar-refractivity contribution < 1.29 is 0 Å². The lowest BCUT2D eigenvalue weighted by atomic mass is 10.5. The molecule has 0 aromatic carbocycles. The highest BCUT2D eigenvalue weighted by Crippen LogP contribution is 1.71. The Morgan fingerprint density at radius 1 is 1.50 bits per heavy atom. The summed E-state index contributed by atoms with van der Waals surface area (Å²) < 4.78 is 0. The average molecular weight is 143 g/mol. The molecule has 3 nitrogen and oxygen atoms in total. The molecule has 0 aromatic heterocycles. The summed E-state index contributed by atoms with van der Waals surface area (Å²) >= 11 is 0. The molecular weight excluding hydrogens is 126 g/mol. The van der Waals surface area contributed by atoms with Gasteiger partial charge in [0.2, 0.25) is 0 Å². The normalized spacial score (nSPS) is 12.0. The second-order valence-electron chi connectivity index (χ2n) is 2.27. The van der Waals surface area contributed by atoms with Crippen LogP contribution in [0.2, 0.25) is 0 Å². The molecule has 0 radical (unpaired) electrons. The van der Waals surface area contributed by atoms with Gasteiger partial charge in [0, 0.05) is 6.54 Å². The van der Waals surface area contributed by atoms with E-state index >= 15 is 0 Å². The predicted octanol–water partition coefficient (Wildman–Crippen LogP) is 0.363. The van der Waals surface area contributed by atoms with Gasteiger partial charge in [-0.15, -0.1) is 0 Å². The van der Waals surface area contributed by atoms with Crippen molar-refractivity contribution in [2.24, 2.45) is 10.7 Å². The summed E-state index contributed by atoms with van der Waals surface area (Å²) in [7, 11) is 0. The van der Waals surface area contributed by atoms with Crippen molar-refractivity contribution in [3.8, 4) is 0 Å². The molecule has 0 rings (SSSR count). The third-order valence-corrected chi connectivity index (χ3v) is 1.08. The van der Waals surface area contributed by atoms with Crippen LogP contribution in [0.1, 0.15) is 20.3 Å². The van der Waals surface area contributed by atoms with Crippen molar-refractivity contribution in [3.05, 3.63) is 0 Å². The topological polar surface area (TPSA) is 50.4 Å². The van der Waals surface area contributed by atoms with E-state index in [4.69, 9.17) is 5.73 Å². The Labute approximate surface area is 62.7 Å². The monoisotopic (exact) mass is 143 g/mol. The highest BCUT2D eigenvalue weighted by molar-refractivity contribution is 5.77. The summed E-state index contributed by atoms with van der Waals surface area (Å²) in [5.41, 5.74) is 5.33. The molecular formula is C7H17N3. The molecule has 0 fully saturated rings. The summed E-state index contributed by atoms with van der Waals surface area (Å²) in [6, 6.07) is 0. The van der Waals surface area contributed by atoms with E-state index < -0.39 is 0 Å². The molecule has 0 aliphatic rings. The SMILES string of the molecule is CCCNCCN=C(C)N. The summed E-state index contributed by atoms with van der Waals surface area (Å²) in [6.07, 6.45) is 1.17. The lowest BCUT2D eigenvalue weighted by molar-refractivity contribution is 0.678. The molecule has 0 heterocycles. The minimum Gasteiger partial charge on any atom is -0.388 e. The fraction of sp³-hybridized carbons (Fsp3) is 0.857. The first-order chi connectivity index (χ1) is 4.77. The molecule has 10 heavy (non-hydrogen) atoms. The maximum Gasteiger partial charge on any atom is 0.0906 e. The third kappa shape index (κ3) is 7.43. The van der Waals surface area contributed by atoms with E-state index in [0.29, 0.717) is 5.84 Å². The smallest absolute Gasteiger partial charge is 0.0906 e. The Morgan fingerprint density at radius 2 is 2.20 bits per heavy atom. The molecule has 0 unspecified atom stereocenters. The number of hydrogen-bond donors (Lipinski definition) is 2. The van der Waals surface area contributed by atoms with Gasteiger partial charge in [-0.1, -0.05) is 6.92 Å². The van der Waals surface area contributed by atoms with E-state index in [-0.39, 0.29) is 0 Å². The maximum atomic E-state index is 5.33. The minimum atomic E-state index is 0.665. The first kappa shape index (κ1) is 9.43. The molecule has 3 heteroatoms. The van der Waals surface area contributed by atoms with Gasteiger partial charge in [0.25, 0.3) is 0 Å². The lowest BCUT2D eigenvalue weighted by Gasteiger charge is -1.98. The summed E-state index contributed by atoms with van der Waals surface area (Å²) in [4.78, 5) is 4.03. The van der Waals surface area contributed by atoms with Crippen molar-refractivity contribution in [3.63, 3.8) is 0 Å². The largest absolute Gasteiger partial charge is 0.388 e. The zero-order valence-electron chi connectivity index (χ0n) is 6.85. The van der Waals surface area contributed by atoms with Crippen LogP contribution in [0.4, 0.5) is 0 Å². The first-order valence-electron chi connectivity index (χ1n) is 3.74. The summed E-state index contributed by atoms with van der Waals surface area (Å²) in [6.45, 7) is 6.74. The van der Waals surface area contributed by atoms with Crippen LogP contribution < -0.4 is 11.1 Å². The van der Waals surface area contributed by atoms with E-state index in [1.165, 1.54) is 6.42 Å². The Bertz CT molecular complexity index is 95.0. The predicted molar refractivity (Wildman–Crippen MR) is 45.3 cm³/mol. The van der Waals surface area contributed by atoms with Gasteiger partial charge >= 0.3 is 0 Å². The third-order valence-electron chi connectivity index (χ3n) is 1.08. The number of nitrogens with one attached hydrogen (secondary N) is 1. The molecule has 60 valence electrons. The zero-order chi connectivity index (χ0) is 7.82. The quantitative estimate of drug-likeness (QED) is 0.332. The average Bonchev–Trinajstić information content (AvgIpc) is 1.87. The van der Waals surface area contributed by atoms with Crippen LogP contribution in [0.25, 0.3) is 0 Å². The van der Waals surface area contributed by atoms with Crippen molar-refractivity contribution >= 4 is 5.84 Å². The number of aliphatic imine (C=N–C) groups is 1. The van der Waals surface area contributed by atoms with Gasteiger partial charge in [-0.2, -0.15) is 0 Å². The fourth-order valence-corrected chi connectivity index (χ4v) is 0.613. The van der Waals surface area contributed by atoms with Gasteiger partial charge in [-0.25, -0.2) is 0 Å². The number of nitrogens with two attached hydrogens (primary N) is 1. The number of nitrogens with zero attached hydrogens (tertiary/aromatic N) is 1. The molecule has 0 atom stereocenters. The van der Waals surface area contributed by atoms with E-state index in [9.17, 15) is 0 Å². The Morgan fingerprint density at radius 3 is 2.70 bits per heavy atom. The van der Waals surface area contributed by atoms with Crippen molar-refractivity contribution in [2.75, 3.05) is 19.6 Å². The molecule has 0 aliphatic heterocycles. The molecule has 0 saturated carbocycles. The van der Waals surface area contributed by atoms with Gasteiger partial charge in [0.1, 0.15) is 0 Å². The van der Waals surface area contributed by atoms with Gasteiger partial charge in [0.05, 0.1) is 12.4 Å². The van der Waals surface area contributed by atoms with Crippen molar-refractivity contribution in [1.29, 1.82) is 0 Å². The first-order valence-corrected chi connectivity index (χ1v) is 3.74. The highest BCUT2D eigenvalue weighted by Gasteiger charge is 1.82. The molecule has 0 spiro atoms. The number of amidine groups is 1. The molecule has 3 N–H and O–H groups in total. The Hall–Kier alpha value is -0.570. The zero-order valence-corrected chi connectivity index (χ0v) is 6.85. The standard InChI is InChI=1S/C7H17N3/c1-3-4-9-5-6-10-7(2)8/h9H,3-6H2,1-2H3,(H2,8,10). The molecule has 0 aromatic rings. The molecule has 0 saturated heterocycles. The molecule has 0 amide bonds.